The summed E-state index contributed by atoms with van der Waals surface area (Å²) in [5.41, 5.74) is 2.68. The van der Waals surface area contributed by atoms with Gasteiger partial charge in [-0.15, -0.1) is 0 Å². The molecule has 0 saturated heterocycles. The smallest absolute Gasteiger partial charge is 0.338 e. The Labute approximate surface area is 265 Å². The van der Waals surface area contributed by atoms with Crippen LogP contribution in [0.2, 0.25) is 0 Å². The number of fused-ring (bicyclic) bond motifs is 1. The van der Waals surface area contributed by atoms with Gasteiger partial charge in [0.15, 0.2) is 4.80 Å². The summed E-state index contributed by atoms with van der Waals surface area (Å²) in [5, 5.41) is 5.84. The highest BCUT2D eigenvalue weighted by Gasteiger charge is 2.38. The summed E-state index contributed by atoms with van der Waals surface area (Å²) >= 11 is 4.70. The van der Waals surface area contributed by atoms with Crippen LogP contribution >= 0.6 is 27.3 Å². The summed E-state index contributed by atoms with van der Waals surface area (Å²) in [4.78, 5) is 46.8. The number of halogens is 1. The molecule has 3 heterocycles. The Kier molecular flexibility index (Phi) is 8.15. The Bertz CT molecular complexity index is 2020. The van der Waals surface area contributed by atoms with Gasteiger partial charge in [-0.2, -0.15) is 10.1 Å². The minimum Gasteiger partial charge on any atom is -0.496 e. The first-order valence-electron chi connectivity index (χ1n) is 13.9. The molecule has 0 saturated carbocycles. The highest BCUT2D eigenvalue weighted by molar-refractivity contribution is 9.10. The van der Waals surface area contributed by atoms with E-state index in [4.69, 9.17) is 14.5 Å². The van der Waals surface area contributed by atoms with E-state index >= 15 is 0 Å². The fraction of sp³-hybridized carbons (Fsp3) is 0.182. The van der Waals surface area contributed by atoms with Gasteiger partial charge in [-0.1, -0.05) is 75.8 Å². The molecule has 2 aliphatic rings. The monoisotopic (exact) mass is 670 g/mol. The first-order chi connectivity index (χ1) is 21.3. The standard InChI is InChI=1S/C33H27BrN4O5S/c1-4-43-32(41)27-28(20-11-7-5-8-12-20)35-33-37(29(27)24-17-21(34)15-16-25(24)42-3)31(40)26(44-33)18-23-19(2)36-38(30(23)39)22-13-9-6-10-14-22/h5-18,23,29H,4H2,1-3H3/b26-18-/t23-,29-/m0/s1. The molecule has 44 heavy (non-hydrogen) atoms. The van der Waals surface area contributed by atoms with Crippen LogP contribution in [-0.4, -0.2) is 35.9 Å². The van der Waals surface area contributed by atoms with Crippen LogP contribution in [0.5, 0.6) is 5.75 Å². The van der Waals surface area contributed by atoms with Gasteiger partial charge in [-0.3, -0.25) is 14.2 Å². The molecule has 3 aromatic carbocycles. The average Bonchev–Trinajstić information content (AvgIpc) is 3.51. The van der Waals surface area contributed by atoms with Gasteiger partial charge < -0.3 is 9.47 Å². The number of carbonyl (C=O) groups excluding carboxylic acids is 2. The predicted octanol–water partition coefficient (Wildman–Crippen LogP) is 4.70. The van der Waals surface area contributed by atoms with E-state index < -0.39 is 23.5 Å². The van der Waals surface area contributed by atoms with Crippen LogP contribution in [-0.2, 0) is 14.3 Å². The third kappa shape index (κ3) is 5.22. The van der Waals surface area contributed by atoms with Crippen molar-refractivity contribution in [3.05, 3.63) is 120 Å². The SMILES string of the molecule is CCOC(=O)C1=C(c2ccccc2)N=c2s/c(=C\[C@@H]3C(=O)N(c4ccccc4)N=C3C)c(=O)n2[C@H]1c1cc(Br)ccc1OC. The molecule has 1 amide bonds. The Morgan fingerprint density at radius 2 is 1.75 bits per heavy atom. The van der Waals surface area contributed by atoms with E-state index in [0.717, 1.165) is 15.8 Å². The van der Waals surface area contributed by atoms with E-state index in [1.165, 1.54) is 16.7 Å². The predicted molar refractivity (Wildman–Crippen MR) is 173 cm³/mol. The van der Waals surface area contributed by atoms with E-state index in [0.29, 0.717) is 43.3 Å². The molecular weight excluding hydrogens is 644 g/mol. The molecule has 9 nitrogen and oxygen atoms in total. The topological polar surface area (TPSA) is 103 Å². The number of methoxy groups -OCH3 is 1. The van der Waals surface area contributed by atoms with Crippen molar-refractivity contribution in [2.24, 2.45) is 16.0 Å². The zero-order valence-corrected chi connectivity index (χ0v) is 26.5. The normalized spacial score (nSPS) is 18.2. The number of rotatable bonds is 7. The highest BCUT2D eigenvalue weighted by atomic mass is 79.9. The zero-order valence-electron chi connectivity index (χ0n) is 24.1. The second-order valence-electron chi connectivity index (χ2n) is 10.0. The molecule has 4 aromatic rings. The number of esters is 1. The molecule has 11 heteroatoms. The number of hydrogen-bond acceptors (Lipinski definition) is 8. The largest absolute Gasteiger partial charge is 0.496 e. The Hall–Kier alpha value is -4.61. The summed E-state index contributed by atoms with van der Waals surface area (Å²) in [5.74, 6) is -1.12. The number of nitrogens with zero attached hydrogens (tertiary/aromatic N) is 4. The van der Waals surface area contributed by atoms with Crippen molar-refractivity contribution < 1.29 is 19.1 Å². The molecule has 2 aliphatic heterocycles. The fourth-order valence-corrected chi connectivity index (χ4v) is 6.73. The summed E-state index contributed by atoms with van der Waals surface area (Å²) < 4.78 is 13.8. The minimum atomic E-state index is -0.926. The second kappa shape index (κ2) is 12.2. The molecule has 2 atom stereocenters. The van der Waals surface area contributed by atoms with Crippen LogP contribution in [0.4, 0.5) is 5.69 Å². The van der Waals surface area contributed by atoms with Crippen LogP contribution in [0, 0.1) is 5.92 Å². The number of benzene rings is 3. The van der Waals surface area contributed by atoms with Gasteiger partial charge in [0.25, 0.3) is 11.5 Å². The summed E-state index contributed by atoms with van der Waals surface area (Å²) in [7, 11) is 1.54. The van der Waals surface area contributed by atoms with Crippen molar-refractivity contribution in [1.82, 2.24) is 4.57 Å². The summed E-state index contributed by atoms with van der Waals surface area (Å²) in [6.07, 6.45) is 1.64. The maximum absolute atomic E-state index is 14.3. The van der Waals surface area contributed by atoms with Crippen LogP contribution in [0.3, 0.4) is 0 Å². The van der Waals surface area contributed by atoms with Crippen molar-refractivity contribution in [1.29, 1.82) is 0 Å². The Morgan fingerprint density at radius 3 is 2.43 bits per heavy atom. The lowest BCUT2D eigenvalue weighted by Gasteiger charge is -2.27. The molecule has 0 fully saturated rings. The maximum Gasteiger partial charge on any atom is 0.338 e. The van der Waals surface area contributed by atoms with Crippen molar-refractivity contribution in [2.45, 2.75) is 19.9 Å². The summed E-state index contributed by atoms with van der Waals surface area (Å²) in [6, 6.07) is 22.9. The van der Waals surface area contributed by atoms with Gasteiger partial charge in [-0.05, 0) is 50.3 Å². The number of ether oxygens (including phenoxy) is 2. The number of carbonyl (C=O) groups is 2. The third-order valence-corrected chi connectivity index (χ3v) is 8.86. The van der Waals surface area contributed by atoms with E-state index in [1.54, 1.807) is 38.1 Å². The molecule has 6 rings (SSSR count). The van der Waals surface area contributed by atoms with Gasteiger partial charge in [0.2, 0.25) is 0 Å². The fourth-order valence-electron chi connectivity index (χ4n) is 5.34. The van der Waals surface area contributed by atoms with E-state index in [9.17, 15) is 14.4 Å². The van der Waals surface area contributed by atoms with Crippen LogP contribution in [0.15, 0.2) is 104 Å². The first kappa shape index (κ1) is 29.5. The number of aromatic nitrogens is 1. The first-order valence-corrected chi connectivity index (χ1v) is 15.5. The van der Waals surface area contributed by atoms with Crippen molar-refractivity contribution in [3.63, 3.8) is 0 Å². The van der Waals surface area contributed by atoms with Gasteiger partial charge in [0.05, 0.1) is 40.9 Å². The van der Waals surface area contributed by atoms with E-state index in [1.807, 2.05) is 60.7 Å². The third-order valence-electron chi connectivity index (χ3n) is 7.36. The summed E-state index contributed by atoms with van der Waals surface area (Å²) in [6.45, 7) is 3.63. The van der Waals surface area contributed by atoms with E-state index in [2.05, 4.69) is 21.0 Å². The molecule has 0 aliphatic carbocycles. The molecule has 222 valence electrons. The lowest BCUT2D eigenvalue weighted by atomic mass is 9.92. The lowest BCUT2D eigenvalue weighted by molar-refractivity contribution is -0.138. The maximum atomic E-state index is 14.3. The highest BCUT2D eigenvalue weighted by Crippen LogP contribution is 2.40. The number of thiazole rings is 1. The van der Waals surface area contributed by atoms with E-state index in [-0.39, 0.29) is 18.1 Å². The van der Waals surface area contributed by atoms with Crippen LogP contribution in [0.25, 0.3) is 11.8 Å². The van der Waals surface area contributed by atoms with Gasteiger partial charge in [0.1, 0.15) is 17.7 Å². The molecule has 0 bridgehead atoms. The number of hydrogen-bond donors (Lipinski definition) is 0. The Morgan fingerprint density at radius 1 is 1.05 bits per heavy atom. The molecular formula is C33H27BrN4O5S. The molecule has 0 spiro atoms. The van der Waals surface area contributed by atoms with Crippen molar-refractivity contribution >= 4 is 62.3 Å². The second-order valence-corrected chi connectivity index (χ2v) is 12.0. The molecule has 1 aromatic heterocycles. The van der Waals surface area contributed by atoms with Crippen molar-refractivity contribution in [2.75, 3.05) is 18.7 Å². The van der Waals surface area contributed by atoms with Crippen LogP contribution in [0.1, 0.15) is 31.0 Å². The number of hydrazone groups is 1. The molecule has 0 N–H and O–H groups in total. The van der Waals surface area contributed by atoms with Gasteiger partial charge in [-0.25, -0.2) is 9.79 Å². The number of anilines is 1. The quantitative estimate of drug-likeness (QED) is 0.265. The zero-order chi connectivity index (χ0) is 31.0. The molecule has 0 unspecified atom stereocenters. The van der Waals surface area contributed by atoms with Gasteiger partial charge >= 0.3 is 5.97 Å². The minimum absolute atomic E-state index is 0.136. The number of para-hydroxylation sites is 1. The molecule has 0 radical (unpaired) electrons. The lowest BCUT2D eigenvalue weighted by Crippen LogP contribution is -2.40. The Balaban J connectivity index is 1.59. The average molecular weight is 672 g/mol. The van der Waals surface area contributed by atoms with Crippen molar-refractivity contribution in [3.8, 4) is 5.75 Å². The van der Waals surface area contributed by atoms with Gasteiger partial charge in [0, 0.05) is 15.6 Å². The van der Waals surface area contributed by atoms with Crippen LogP contribution < -0.4 is 24.6 Å². The number of amides is 1.